The van der Waals surface area contributed by atoms with Crippen LogP contribution >= 0.6 is 11.6 Å². The van der Waals surface area contributed by atoms with Gasteiger partial charge < -0.3 is 14.5 Å². The maximum absolute atomic E-state index is 13.2. The van der Waals surface area contributed by atoms with Crippen molar-refractivity contribution >= 4 is 40.1 Å². The Balaban J connectivity index is 1.64. The van der Waals surface area contributed by atoms with Crippen LogP contribution in [-0.4, -0.2) is 18.0 Å². The summed E-state index contributed by atoms with van der Waals surface area (Å²) in [6.07, 6.45) is -1.21. The maximum Gasteiger partial charge on any atom is 0.342 e. The molecular weight excluding hydrogens is 461 g/mol. The minimum absolute atomic E-state index is 0.00578. The lowest BCUT2D eigenvalue weighted by atomic mass is 10.0. The first-order valence-corrected chi connectivity index (χ1v) is 10.7. The van der Waals surface area contributed by atoms with Gasteiger partial charge in [-0.3, -0.25) is 9.59 Å². The highest BCUT2D eigenvalue weighted by atomic mass is 35.5. The Morgan fingerprint density at radius 2 is 1.79 bits per heavy atom. The molecule has 0 saturated heterocycles. The highest BCUT2D eigenvalue weighted by molar-refractivity contribution is 6.33. The smallest absolute Gasteiger partial charge is 0.342 e. The van der Waals surface area contributed by atoms with Crippen molar-refractivity contribution in [3.05, 3.63) is 98.9 Å². The van der Waals surface area contributed by atoms with E-state index in [1.165, 1.54) is 19.1 Å². The number of para-hydroxylation sites is 1. The number of ether oxygens (including phenoxy) is 1. The van der Waals surface area contributed by atoms with Gasteiger partial charge in [0.15, 0.2) is 17.1 Å². The quantitative estimate of drug-likeness (QED) is 0.369. The summed E-state index contributed by atoms with van der Waals surface area (Å²) >= 11 is 5.93. The lowest BCUT2D eigenvalue weighted by molar-refractivity contribution is -0.123. The molecule has 34 heavy (non-hydrogen) atoms. The molecule has 0 spiro atoms. The number of anilines is 1. The zero-order chi connectivity index (χ0) is 24.4. The van der Waals surface area contributed by atoms with Crippen LogP contribution in [0.1, 0.15) is 22.8 Å². The summed E-state index contributed by atoms with van der Waals surface area (Å²) in [5, 5.41) is 2.72. The normalized spacial score (nSPS) is 11.8. The average molecular weight is 480 g/mol. The van der Waals surface area contributed by atoms with Crippen LogP contribution in [0.2, 0.25) is 5.02 Å². The molecule has 1 N–H and O–H groups in total. The first-order valence-electron chi connectivity index (χ1n) is 10.3. The number of halogens is 2. The second kappa shape index (κ2) is 9.49. The Bertz CT molecular complexity index is 1470. The van der Waals surface area contributed by atoms with Crippen LogP contribution in [-0.2, 0) is 9.53 Å². The Morgan fingerprint density at radius 1 is 1.06 bits per heavy atom. The van der Waals surface area contributed by atoms with Crippen molar-refractivity contribution in [3.63, 3.8) is 0 Å². The second-order valence-electron chi connectivity index (χ2n) is 7.59. The molecule has 0 aliphatic carbocycles. The van der Waals surface area contributed by atoms with Crippen molar-refractivity contribution < 1.29 is 23.1 Å². The van der Waals surface area contributed by atoms with Crippen molar-refractivity contribution in [2.75, 3.05) is 5.32 Å². The van der Waals surface area contributed by atoms with Crippen molar-refractivity contribution in [1.82, 2.24) is 0 Å². The fraction of sp³-hybridized carbons (Fsp3) is 0.115. The van der Waals surface area contributed by atoms with E-state index in [9.17, 15) is 18.8 Å². The van der Waals surface area contributed by atoms with Gasteiger partial charge in [0.2, 0.25) is 0 Å². The van der Waals surface area contributed by atoms with Gasteiger partial charge in [0, 0.05) is 11.1 Å². The predicted octanol–water partition coefficient (Wildman–Crippen LogP) is 5.74. The summed E-state index contributed by atoms with van der Waals surface area (Å²) in [5.41, 5.74) is 1.07. The zero-order valence-electron chi connectivity index (χ0n) is 18.2. The van der Waals surface area contributed by atoms with Gasteiger partial charge in [-0.05, 0) is 44.2 Å². The molecular formula is C26H19ClFNO5. The molecule has 0 radical (unpaired) electrons. The molecule has 0 aliphatic heterocycles. The lowest BCUT2D eigenvalue weighted by Crippen LogP contribution is -2.30. The molecule has 4 aromatic rings. The van der Waals surface area contributed by atoms with E-state index in [4.69, 9.17) is 20.8 Å². The van der Waals surface area contributed by atoms with E-state index in [0.717, 1.165) is 12.1 Å². The van der Waals surface area contributed by atoms with E-state index in [-0.39, 0.29) is 32.7 Å². The van der Waals surface area contributed by atoms with Gasteiger partial charge in [-0.15, -0.1) is 0 Å². The molecule has 0 bridgehead atoms. The summed E-state index contributed by atoms with van der Waals surface area (Å²) in [4.78, 5) is 38.4. The fourth-order valence-corrected chi connectivity index (χ4v) is 3.65. The van der Waals surface area contributed by atoms with Crippen LogP contribution in [0.25, 0.3) is 22.3 Å². The minimum atomic E-state index is -1.21. The number of hydrogen-bond donors (Lipinski definition) is 1. The number of carbonyl (C=O) groups is 2. The molecule has 0 fully saturated rings. The molecule has 1 amide bonds. The van der Waals surface area contributed by atoms with E-state index in [1.807, 2.05) is 18.2 Å². The van der Waals surface area contributed by atoms with Gasteiger partial charge in [0.05, 0.1) is 16.1 Å². The standard InChI is InChI=1S/C26H19ClFNO5/c1-14-22(30)18-9-6-10-19(24(18)34-23(14)16-7-4-3-5-8-16)26(32)33-15(2)25(31)29-21-12-11-17(28)13-20(21)27/h3-13,15H,1-2H3,(H,29,31)/t15-/m1/s1. The Hall–Kier alpha value is -3.97. The molecule has 8 heteroatoms. The molecule has 1 atom stereocenters. The van der Waals surface area contributed by atoms with Gasteiger partial charge in [0.1, 0.15) is 17.1 Å². The van der Waals surface area contributed by atoms with Crippen LogP contribution in [0.3, 0.4) is 0 Å². The van der Waals surface area contributed by atoms with Gasteiger partial charge in [0.25, 0.3) is 5.91 Å². The Labute approximate surface area is 198 Å². The Kier molecular flexibility index (Phi) is 6.47. The minimum Gasteiger partial charge on any atom is -0.455 e. The number of nitrogens with one attached hydrogen (secondary N) is 1. The van der Waals surface area contributed by atoms with E-state index < -0.39 is 23.8 Å². The number of fused-ring (bicyclic) bond motifs is 1. The molecule has 6 nitrogen and oxygen atoms in total. The molecule has 172 valence electrons. The Morgan fingerprint density at radius 3 is 2.50 bits per heavy atom. The van der Waals surface area contributed by atoms with Crippen molar-refractivity contribution in [3.8, 4) is 11.3 Å². The summed E-state index contributed by atoms with van der Waals surface area (Å²) < 4.78 is 24.6. The lowest BCUT2D eigenvalue weighted by Gasteiger charge is -2.15. The van der Waals surface area contributed by atoms with Crippen LogP contribution in [0.15, 0.2) is 75.9 Å². The van der Waals surface area contributed by atoms with Gasteiger partial charge in [-0.25, -0.2) is 9.18 Å². The predicted molar refractivity (Wildman–Crippen MR) is 128 cm³/mol. The number of amides is 1. The largest absolute Gasteiger partial charge is 0.455 e. The van der Waals surface area contributed by atoms with Crippen LogP contribution in [0.4, 0.5) is 10.1 Å². The molecule has 1 aromatic heterocycles. The molecule has 3 aromatic carbocycles. The summed E-state index contributed by atoms with van der Waals surface area (Å²) in [7, 11) is 0. The third kappa shape index (κ3) is 4.56. The molecule has 0 unspecified atom stereocenters. The third-order valence-corrected chi connectivity index (χ3v) is 5.56. The number of benzene rings is 3. The molecule has 4 rings (SSSR count). The summed E-state index contributed by atoms with van der Waals surface area (Å²) in [5.74, 6) is -1.71. The topological polar surface area (TPSA) is 85.6 Å². The van der Waals surface area contributed by atoms with Gasteiger partial charge in [-0.1, -0.05) is 48.0 Å². The van der Waals surface area contributed by atoms with Crippen LogP contribution < -0.4 is 10.7 Å². The monoisotopic (exact) mass is 479 g/mol. The SMILES string of the molecule is Cc1c(-c2ccccc2)oc2c(C(=O)O[C@H](C)C(=O)Nc3ccc(F)cc3Cl)cccc2c1=O. The van der Waals surface area contributed by atoms with Crippen molar-refractivity contribution in [2.24, 2.45) is 0 Å². The zero-order valence-corrected chi connectivity index (χ0v) is 19.0. The first-order chi connectivity index (χ1) is 16.3. The third-order valence-electron chi connectivity index (χ3n) is 5.24. The number of rotatable bonds is 5. The van der Waals surface area contributed by atoms with Crippen molar-refractivity contribution in [2.45, 2.75) is 20.0 Å². The average Bonchev–Trinajstić information content (AvgIpc) is 2.83. The van der Waals surface area contributed by atoms with Gasteiger partial charge in [-0.2, -0.15) is 0 Å². The number of carbonyl (C=O) groups excluding carboxylic acids is 2. The first kappa shape index (κ1) is 23.2. The van der Waals surface area contributed by atoms with Crippen molar-refractivity contribution in [1.29, 1.82) is 0 Å². The summed E-state index contributed by atoms with van der Waals surface area (Å²) in [6, 6.07) is 17.1. The number of hydrogen-bond acceptors (Lipinski definition) is 5. The van der Waals surface area contributed by atoms with E-state index in [1.54, 1.807) is 31.2 Å². The highest BCUT2D eigenvalue weighted by Crippen LogP contribution is 2.28. The molecule has 0 aliphatic rings. The summed E-state index contributed by atoms with van der Waals surface area (Å²) in [6.45, 7) is 3.04. The van der Waals surface area contributed by atoms with E-state index in [2.05, 4.69) is 5.32 Å². The molecule has 1 heterocycles. The van der Waals surface area contributed by atoms with Gasteiger partial charge >= 0.3 is 5.97 Å². The molecule has 0 saturated carbocycles. The van der Waals surface area contributed by atoms with E-state index >= 15 is 0 Å². The maximum atomic E-state index is 13.2. The highest BCUT2D eigenvalue weighted by Gasteiger charge is 2.24. The van der Waals surface area contributed by atoms with Crippen LogP contribution in [0, 0.1) is 12.7 Å². The van der Waals surface area contributed by atoms with E-state index in [0.29, 0.717) is 16.9 Å². The second-order valence-corrected chi connectivity index (χ2v) is 8.00. The fourth-order valence-electron chi connectivity index (χ4n) is 3.44. The number of esters is 1. The van der Waals surface area contributed by atoms with Crippen LogP contribution in [0.5, 0.6) is 0 Å².